The Hall–Kier alpha value is -2.62. The number of hydrogen-bond donors (Lipinski definition) is 0. The molecule has 1 fully saturated rings. The van der Waals surface area contributed by atoms with Crippen molar-refractivity contribution in [3.8, 4) is 5.69 Å². The third kappa shape index (κ3) is 4.52. The highest BCUT2D eigenvalue weighted by molar-refractivity contribution is 6.32. The lowest BCUT2D eigenvalue weighted by atomic mass is 9.96. The van der Waals surface area contributed by atoms with Gasteiger partial charge in [0.05, 0.1) is 24.0 Å². The van der Waals surface area contributed by atoms with E-state index in [0.29, 0.717) is 29.1 Å². The van der Waals surface area contributed by atoms with E-state index in [4.69, 9.17) is 11.6 Å². The molecule has 1 atom stereocenters. The molecule has 7 nitrogen and oxygen atoms in total. The van der Waals surface area contributed by atoms with Crippen molar-refractivity contribution in [3.63, 3.8) is 0 Å². The van der Waals surface area contributed by atoms with Gasteiger partial charge in [0, 0.05) is 25.8 Å². The minimum atomic E-state index is -4.95. The zero-order valence-electron chi connectivity index (χ0n) is 15.6. The number of likely N-dealkylation sites (tertiary alicyclic amines) is 1. The van der Waals surface area contributed by atoms with Gasteiger partial charge in [0.15, 0.2) is 5.15 Å². The number of carbonyl (C=O) groups excluding carboxylic acids is 2. The molecule has 0 radical (unpaired) electrons. The number of piperidine rings is 1. The fourth-order valence-electron chi connectivity index (χ4n) is 3.35. The zero-order valence-corrected chi connectivity index (χ0v) is 16.3. The van der Waals surface area contributed by atoms with Crippen LogP contribution in [-0.4, -0.2) is 57.3 Å². The molecule has 3 rings (SSSR count). The molecule has 156 valence electrons. The Bertz CT molecular complexity index is 887. The van der Waals surface area contributed by atoms with Crippen LogP contribution in [0.3, 0.4) is 0 Å². The molecule has 0 saturated carbocycles. The van der Waals surface area contributed by atoms with Gasteiger partial charge in [0.2, 0.25) is 5.91 Å². The first-order valence-corrected chi connectivity index (χ1v) is 9.43. The molecule has 2 aromatic rings. The summed E-state index contributed by atoms with van der Waals surface area (Å²) in [6.45, 7) is 1.69. The fraction of sp³-hybridized carbons (Fsp3) is 0.444. The molecule has 0 N–H and O–H groups in total. The minimum Gasteiger partial charge on any atom is -0.334 e. The van der Waals surface area contributed by atoms with Crippen molar-refractivity contribution in [2.24, 2.45) is 5.92 Å². The smallest absolute Gasteiger partial charge is 0.334 e. The standard InChI is InChI=1S/C18H19ClF3N5O2/c1-2-26(14-11-27(24-15(14)19)13-6-3-7-23-9-13)16(28)12-5-4-8-25(10-12)17(29)18(20,21)22/h3,6-7,9,11-12H,2,4-5,8,10H2,1H3. The van der Waals surface area contributed by atoms with E-state index in [-0.39, 0.29) is 30.7 Å². The lowest BCUT2D eigenvalue weighted by molar-refractivity contribution is -0.187. The first-order valence-electron chi connectivity index (χ1n) is 9.05. The fourth-order valence-corrected chi connectivity index (χ4v) is 3.59. The number of nitrogens with zero attached hydrogens (tertiary/aromatic N) is 5. The van der Waals surface area contributed by atoms with Crippen molar-refractivity contribution in [2.75, 3.05) is 24.5 Å². The van der Waals surface area contributed by atoms with Crippen LogP contribution in [0.25, 0.3) is 5.69 Å². The van der Waals surface area contributed by atoms with E-state index >= 15 is 0 Å². The molecule has 0 aromatic carbocycles. The Morgan fingerprint density at radius 2 is 2.14 bits per heavy atom. The summed E-state index contributed by atoms with van der Waals surface area (Å²) in [5.74, 6) is -3.05. The number of rotatable bonds is 4. The average Bonchev–Trinajstić information content (AvgIpc) is 3.09. The van der Waals surface area contributed by atoms with Gasteiger partial charge in [0.1, 0.15) is 5.69 Å². The number of alkyl halides is 3. The Kier molecular flexibility index (Phi) is 6.11. The molecule has 1 aliphatic rings. The predicted octanol–water partition coefficient (Wildman–Crippen LogP) is 3.07. The van der Waals surface area contributed by atoms with Crippen molar-refractivity contribution >= 4 is 29.1 Å². The highest BCUT2D eigenvalue weighted by Crippen LogP contribution is 2.30. The number of aromatic nitrogens is 3. The lowest BCUT2D eigenvalue weighted by Crippen LogP contribution is -2.50. The highest BCUT2D eigenvalue weighted by atomic mass is 35.5. The molecule has 29 heavy (non-hydrogen) atoms. The molecule has 11 heteroatoms. The molecule has 2 aromatic heterocycles. The van der Waals surface area contributed by atoms with Crippen LogP contribution >= 0.6 is 11.6 Å². The monoisotopic (exact) mass is 429 g/mol. The number of hydrogen-bond acceptors (Lipinski definition) is 4. The van der Waals surface area contributed by atoms with E-state index in [0.717, 1.165) is 0 Å². The molecular weight excluding hydrogens is 411 g/mol. The van der Waals surface area contributed by atoms with Gasteiger partial charge in [-0.3, -0.25) is 14.6 Å². The molecule has 3 heterocycles. The van der Waals surface area contributed by atoms with Gasteiger partial charge in [-0.1, -0.05) is 11.6 Å². The second-order valence-corrected chi connectivity index (χ2v) is 6.99. The topological polar surface area (TPSA) is 71.3 Å². The van der Waals surface area contributed by atoms with E-state index in [1.807, 2.05) is 0 Å². The number of halogens is 4. The van der Waals surface area contributed by atoms with Gasteiger partial charge in [0.25, 0.3) is 0 Å². The van der Waals surface area contributed by atoms with Crippen LogP contribution in [-0.2, 0) is 9.59 Å². The maximum atomic E-state index is 13.0. The summed E-state index contributed by atoms with van der Waals surface area (Å²) in [6, 6.07) is 3.49. The Morgan fingerprint density at radius 3 is 2.76 bits per heavy atom. The molecule has 0 bridgehead atoms. The largest absolute Gasteiger partial charge is 0.471 e. The van der Waals surface area contributed by atoms with E-state index in [1.165, 1.54) is 9.58 Å². The minimum absolute atomic E-state index is 0.0199. The third-order valence-corrected chi connectivity index (χ3v) is 5.00. The van der Waals surface area contributed by atoms with Gasteiger partial charge in [-0.15, -0.1) is 0 Å². The number of carbonyl (C=O) groups is 2. The Labute approximate surface area is 170 Å². The summed E-state index contributed by atoms with van der Waals surface area (Å²) in [4.78, 5) is 30.7. The van der Waals surface area contributed by atoms with E-state index in [9.17, 15) is 22.8 Å². The number of amides is 2. The van der Waals surface area contributed by atoms with Crippen molar-refractivity contribution in [1.29, 1.82) is 0 Å². The SMILES string of the molecule is CCN(C(=O)C1CCCN(C(=O)C(F)(F)F)C1)c1cn(-c2cccnc2)nc1Cl. The van der Waals surface area contributed by atoms with Gasteiger partial charge < -0.3 is 9.80 Å². The van der Waals surface area contributed by atoms with Crippen LogP contribution in [0.1, 0.15) is 19.8 Å². The quantitative estimate of drug-likeness (QED) is 0.749. The van der Waals surface area contributed by atoms with Crippen molar-refractivity contribution in [3.05, 3.63) is 35.9 Å². The second-order valence-electron chi connectivity index (χ2n) is 6.63. The van der Waals surface area contributed by atoms with Crippen molar-refractivity contribution < 1.29 is 22.8 Å². The van der Waals surface area contributed by atoms with Crippen LogP contribution < -0.4 is 4.90 Å². The number of anilines is 1. The van der Waals surface area contributed by atoms with Gasteiger partial charge >= 0.3 is 12.1 Å². The maximum absolute atomic E-state index is 13.0. The molecule has 0 spiro atoms. The normalized spacial score (nSPS) is 17.3. The summed E-state index contributed by atoms with van der Waals surface area (Å²) < 4.78 is 39.7. The van der Waals surface area contributed by atoms with E-state index in [2.05, 4.69) is 10.1 Å². The van der Waals surface area contributed by atoms with Gasteiger partial charge in [-0.2, -0.15) is 18.3 Å². The van der Waals surface area contributed by atoms with Crippen molar-refractivity contribution in [2.45, 2.75) is 25.9 Å². The maximum Gasteiger partial charge on any atom is 0.471 e. The molecular formula is C18H19ClF3N5O2. The van der Waals surface area contributed by atoms with E-state index in [1.54, 1.807) is 37.6 Å². The Morgan fingerprint density at radius 1 is 1.38 bits per heavy atom. The summed E-state index contributed by atoms with van der Waals surface area (Å²) in [5, 5.41) is 4.27. The van der Waals surface area contributed by atoms with Crippen molar-refractivity contribution in [1.82, 2.24) is 19.7 Å². The summed E-state index contributed by atoms with van der Waals surface area (Å²) in [6.07, 6.45) is 0.511. The third-order valence-electron chi connectivity index (χ3n) is 4.74. The predicted molar refractivity (Wildman–Crippen MR) is 99.8 cm³/mol. The van der Waals surface area contributed by atoms with E-state index < -0.39 is 18.0 Å². The van der Waals surface area contributed by atoms with Crippen LogP contribution in [0.5, 0.6) is 0 Å². The lowest BCUT2D eigenvalue weighted by Gasteiger charge is -2.34. The first kappa shape index (κ1) is 21.1. The summed E-state index contributed by atoms with van der Waals surface area (Å²) in [5.41, 5.74) is 0.992. The molecule has 1 aliphatic heterocycles. The number of pyridine rings is 1. The second kappa shape index (κ2) is 8.40. The zero-order chi connectivity index (χ0) is 21.2. The van der Waals surface area contributed by atoms with Crippen LogP contribution in [0.15, 0.2) is 30.7 Å². The van der Waals surface area contributed by atoms with Crippen LogP contribution in [0, 0.1) is 5.92 Å². The van der Waals surface area contributed by atoms with Crippen LogP contribution in [0.4, 0.5) is 18.9 Å². The Balaban J connectivity index is 1.80. The molecule has 0 aliphatic carbocycles. The average molecular weight is 430 g/mol. The molecule has 1 saturated heterocycles. The highest BCUT2D eigenvalue weighted by Gasteiger charge is 2.44. The summed E-state index contributed by atoms with van der Waals surface area (Å²) in [7, 11) is 0. The van der Waals surface area contributed by atoms with Gasteiger partial charge in [-0.05, 0) is 31.9 Å². The first-order chi connectivity index (χ1) is 13.7. The molecule has 2 amide bonds. The summed E-state index contributed by atoms with van der Waals surface area (Å²) >= 11 is 6.23. The van der Waals surface area contributed by atoms with Crippen LogP contribution in [0.2, 0.25) is 5.15 Å². The van der Waals surface area contributed by atoms with Gasteiger partial charge in [-0.25, -0.2) is 4.68 Å². The molecule has 1 unspecified atom stereocenters.